The van der Waals surface area contributed by atoms with Gasteiger partial charge in [0.15, 0.2) is 0 Å². The fourth-order valence-corrected chi connectivity index (χ4v) is 2.48. The molecule has 8 heteroatoms. The minimum Gasteiger partial charge on any atom is -0.324 e. The molecule has 0 atom stereocenters. The standard InChI is InChI=1S/C17H13FN6O/c18-12-4-1-10(2-5-12)7-15-16(25)21-17(24-23-15)20-13-6-3-11-9-19-22-14(11)8-13/h1-6,8-9H,7H2,(H,19,22)(H2,20,21,24,25). The number of aromatic amines is 2. The number of nitrogens with one attached hydrogen (secondary N) is 3. The Bertz CT molecular complexity index is 1090. The van der Waals surface area contributed by atoms with E-state index in [-0.39, 0.29) is 29.4 Å². The van der Waals surface area contributed by atoms with Gasteiger partial charge in [-0.15, -0.1) is 10.2 Å². The van der Waals surface area contributed by atoms with Crippen molar-refractivity contribution in [2.75, 3.05) is 5.32 Å². The molecule has 2 heterocycles. The van der Waals surface area contributed by atoms with Gasteiger partial charge in [-0.25, -0.2) is 4.39 Å². The maximum atomic E-state index is 12.9. The fraction of sp³-hybridized carbons (Fsp3) is 0.0588. The first-order valence-corrected chi connectivity index (χ1v) is 7.58. The van der Waals surface area contributed by atoms with Crippen molar-refractivity contribution in [3.63, 3.8) is 0 Å². The number of rotatable bonds is 4. The SMILES string of the molecule is O=c1[nH]c(Nc2ccc3cn[nH]c3c2)nnc1Cc1ccc(F)cc1. The molecule has 0 aliphatic carbocycles. The van der Waals surface area contributed by atoms with Crippen molar-refractivity contribution in [1.82, 2.24) is 25.4 Å². The topological polar surface area (TPSA) is 99.3 Å². The smallest absolute Gasteiger partial charge is 0.274 e. The van der Waals surface area contributed by atoms with E-state index >= 15 is 0 Å². The summed E-state index contributed by atoms with van der Waals surface area (Å²) in [4.78, 5) is 14.8. The molecule has 2 aromatic carbocycles. The van der Waals surface area contributed by atoms with E-state index in [4.69, 9.17) is 0 Å². The molecule has 0 saturated heterocycles. The van der Waals surface area contributed by atoms with E-state index in [0.717, 1.165) is 22.2 Å². The van der Waals surface area contributed by atoms with Crippen LogP contribution < -0.4 is 10.9 Å². The molecule has 0 amide bonds. The van der Waals surface area contributed by atoms with Crippen LogP contribution in [0.25, 0.3) is 10.9 Å². The molecule has 2 aromatic heterocycles. The number of hydrogen-bond donors (Lipinski definition) is 3. The molecule has 0 unspecified atom stereocenters. The van der Waals surface area contributed by atoms with Crippen molar-refractivity contribution < 1.29 is 4.39 Å². The van der Waals surface area contributed by atoms with Gasteiger partial charge in [0.25, 0.3) is 5.56 Å². The zero-order valence-corrected chi connectivity index (χ0v) is 13.0. The van der Waals surface area contributed by atoms with Crippen molar-refractivity contribution in [3.8, 4) is 0 Å². The predicted molar refractivity (Wildman–Crippen MR) is 91.2 cm³/mol. The first kappa shape index (κ1) is 15.0. The van der Waals surface area contributed by atoms with Gasteiger partial charge in [0, 0.05) is 17.5 Å². The van der Waals surface area contributed by atoms with E-state index < -0.39 is 0 Å². The summed E-state index contributed by atoms with van der Waals surface area (Å²) in [6, 6.07) is 11.5. The number of benzene rings is 2. The molecule has 0 aliphatic rings. The number of halogens is 1. The summed E-state index contributed by atoms with van der Waals surface area (Å²) in [5, 5.41) is 18.8. The predicted octanol–water partition coefficient (Wildman–Crippen LogP) is 2.51. The summed E-state index contributed by atoms with van der Waals surface area (Å²) in [5.74, 6) is -0.0794. The molecule has 0 radical (unpaired) electrons. The Balaban J connectivity index is 1.54. The molecular formula is C17H13FN6O. The Morgan fingerprint density at radius 2 is 1.92 bits per heavy atom. The minimum atomic E-state index is -0.343. The van der Waals surface area contributed by atoms with Gasteiger partial charge in [-0.2, -0.15) is 5.10 Å². The lowest BCUT2D eigenvalue weighted by Gasteiger charge is -2.05. The van der Waals surface area contributed by atoms with Gasteiger partial charge in [-0.1, -0.05) is 12.1 Å². The minimum absolute atomic E-state index is 0.242. The van der Waals surface area contributed by atoms with Gasteiger partial charge in [0.2, 0.25) is 5.95 Å². The molecule has 0 aliphatic heterocycles. The van der Waals surface area contributed by atoms with E-state index in [2.05, 4.69) is 30.7 Å². The van der Waals surface area contributed by atoms with Crippen LogP contribution in [0, 0.1) is 5.82 Å². The largest absolute Gasteiger partial charge is 0.324 e. The molecule has 0 fully saturated rings. The first-order chi connectivity index (χ1) is 12.2. The maximum Gasteiger partial charge on any atom is 0.274 e. The van der Waals surface area contributed by atoms with E-state index in [0.29, 0.717) is 0 Å². The first-order valence-electron chi connectivity index (χ1n) is 7.58. The van der Waals surface area contributed by atoms with Crippen LogP contribution in [0.5, 0.6) is 0 Å². The van der Waals surface area contributed by atoms with Crippen molar-refractivity contribution in [1.29, 1.82) is 0 Å². The van der Waals surface area contributed by atoms with Crippen LogP contribution in [0.4, 0.5) is 16.0 Å². The van der Waals surface area contributed by atoms with Crippen molar-refractivity contribution in [2.45, 2.75) is 6.42 Å². The molecule has 4 aromatic rings. The molecule has 0 saturated carbocycles. The van der Waals surface area contributed by atoms with Gasteiger partial charge in [0.1, 0.15) is 11.5 Å². The second kappa shape index (κ2) is 6.16. The lowest BCUT2D eigenvalue weighted by atomic mass is 10.1. The molecule has 0 spiro atoms. The quantitative estimate of drug-likeness (QED) is 0.532. The summed E-state index contributed by atoms with van der Waals surface area (Å²) < 4.78 is 12.9. The summed E-state index contributed by atoms with van der Waals surface area (Å²) >= 11 is 0. The monoisotopic (exact) mass is 336 g/mol. The van der Waals surface area contributed by atoms with Crippen molar-refractivity contribution in [2.24, 2.45) is 0 Å². The Labute approximate surface area is 140 Å². The number of fused-ring (bicyclic) bond motifs is 1. The normalized spacial score (nSPS) is 10.9. The van der Waals surface area contributed by atoms with Crippen LogP contribution in [0.1, 0.15) is 11.3 Å². The highest BCUT2D eigenvalue weighted by Gasteiger charge is 2.07. The van der Waals surface area contributed by atoms with E-state index in [1.165, 1.54) is 12.1 Å². The Kier molecular flexibility index (Phi) is 3.70. The lowest BCUT2D eigenvalue weighted by molar-refractivity contribution is 0.627. The summed E-state index contributed by atoms with van der Waals surface area (Å²) in [6.07, 6.45) is 2.01. The average Bonchev–Trinajstić information content (AvgIpc) is 3.07. The number of nitrogens with zero attached hydrogens (tertiary/aromatic N) is 3. The summed E-state index contributed by atoms with van der Waals surface area (Å²) in [6.45, 7) is 0. The molecule has 4 rings (SSSR count). The van der Waals surface area contributed by atoms with Crippen LogP contribution in [-0.4, -0.2) is 25.4 Å². The molecule has 25 heavy (non-hydrogen) atoms. The molecule has 3 N–H and O–H groups in total. The Morgan fingerprint density at radius 3 is 2.72 bits per heavy atom. The third-order valence-electron chi connectivity index (χ3n) is 3.75. The van der Waals surface area contributed by atoms with Crippen LogP contribution in [0.2, 0.25) is 0 Å². The molecule has 7 nitrogen and oxygen atoms in total. The summed E-state index contributed by atoms with van der Waals surface area (Å²) in [5.41, 5.74) is 2.32. The number of anilines is 2. The number of H-pyrrole nitrogens is 2. The van der Waals surface area contributed by atoms with E-state index in [1.807, 2.05) is 18.2 Å². The number of hydrogen-bond acceptors (Lipinski definition) is 5. The van der Waals surface area contributed by atoms with Gasteiger partial charge in [-0.05, 0) is 35.9 Å². The van der Waals surface area contributed by atoms with Crippen LogP contribution >= 0.6 is 0 Å². The highest BCUT2D eigenvalue weighted by molar-refractivity contribution is 5.82. The van der Waals surface area contributed by atoms with Crippen LogP contribution in [0.15, 0.2) is 53.5 Å². The van der Waals surface area contributed by atoms with Crippen LogP contribution in [-0.2, 0) is 6.42 Å². The van der Waals surface area contributed by atoms with Gasteiger partial charge < -0.3 is 5.32 Å². The molecule has 0 bridgehead atoms. The van der Waals surface area contributed by atoms with Crippen LogP contribution in [0.3, 0.4) is 0 Å². The zero-order valence-electron chi connectivity index (χ0n) is 13.0. The second-order valence-electron chi connectivity index (χ2n) is 5.55. The third-order valence-corrected chi connectivity index (χ3v) is 3.75. The third kappa shape index (κ3) is 3.23. The van der Waals surface area contributed by atoms with E-state index in [1.54, 1.807) is 18.3 Å². The van der Waals surface area contributed by atoms with Gasteiger partial charge in [0.05, 0.1) is 11.7 Å². The summed E-state index contributed by atoms with van der Waals surface area (Å²) in [7, 11) is 0. The number of aromatic nitrogens is 5. The maximum absolute atomic E-state index is 12.9. The fourth-order valence-electron chi connectivity index (χ4n) is 2.48. The van der Waals surface area contributed by atoms with Gasteiger partial charge >= 0.3 is 0 Å². The molecular weight excluding hydrogens is 323 g/mol. The van der Waals surface area contributed by atoms with E-state index in [9.17, 15) is 9.18 Å². The Morgan fingerprint density at radius 1 is 1.08 bits per heavy atom. The second-order valence-corrected chi connectivity index (χ2v) is 5.55. The van der Waals surface area contributed by atoms with Gasteiger partial charge in [-0.3, -0.25) is 14.9 Å². The zero-order chi connectivity index (χ0) is 17.2. The molecule has 124 valence electrons. The lowest BCUT2D eigenvalue weighted by Crippen LogP contribution is -2.18. The highest BCUT2D eigenvalue weighted by Crippen LogP contribution is 2.18. The Hall–Kier alpha value is -3.55. The van der Waals surface area contributed by atoms with Crippen molar-refractivity contribution >= 4 is 22.5 Å². The average molecular weight is 336 g/mol. The van der Waals surface area contributed by atoms with Crippen molar-refractivity contribution in [3.05, 3.63) is 76.1 Å². The highest BCUT2D eigenvalue weighted by atomic mass is 19.1.